The summed E-state index contributed by atoms with van der Waals surface area (Å²) in [6, 6.07) is 7.80. The van der Waals surface area contributed by atoms with Gasteiger partial charge in [0.05, 0.1) is 5.38 Å². The maximum atomic E-state index is 13.8. The van der Waals surface area contributed by atoms with E-state index in [9.17, 15) is 17.6 Å². The molecular formula is C15H11ClF4O. The lowest BCUT2D eigenvalue weighted by Crippen LogP contribution is -2.07. The Labute approximate surface area is 124 Å². The number of aryl methyl sites for hydroxylation is 1. The van der Waals surface area contributed by atoms with Gasteiger partial charge < -0.3 is 4.74 Å². The fourth-order valence-electron chi connectivity index (χ4n) is 1.93. The summed E-state index contributed by atoms with van der Waals surface area (Å²) in [6.45, 7) is -1.56. The summed E-state index contributed by atoms with van der Waals surface area (Å²) in [4.78, 5) is 0. The van der Waals surface area contributed by atoms with Crippen molar-refractivity contribution >= 4 is 11.6 Å². The maximum Gasteiger partial charge on any atom is 0.387 e. The minimum absolute atomic E-state index is 0.000818. The molecule has 0 aromatic heterocycles. The topological polar surface area (TPSA) is 9.23 Å². The molecule has 1 nitrogen and oxygen atoms in total. The zero-order valence-corrected chi connectivity index (χ0v) is 11.7. The minimum atomic E-state index is -3.02. The Balaban J connectivity index is 2.45. The molecule has 0 fully saturated rings. The second-order valence-corrected chi connectivity index (χ2v) is 4.84. The van der Waals surface area contributed by atoms with Crippen molar-refractivity contribution in [1.29, 1.82) is 0 Å². The number of hydrogen-bond acceptors (Lipinski definition) is 1. The van der Waals surface area contributed by atoms with Gasteiger partial charge in [-0.05, 0) is 24.6 Å². The first kappa shape index (κ1) is 15.6. The summed E-state index contributed by atoms with van der Waals surface area (Å²) in [5.74, 6) is -1.68. The second kappa shape index (κ2) is 6.35. The standard InChI is InChI=1S/C15H11ClF4O/c1-8-6-10(12(18)7-11(8)17)14(16)9-4-2-3-5-13(9)21-15(19)20/h2-7,14-15H,1H3. The second-order valence-electron chi connectivity index (χ2n) is 4.40. The molecule has 6 heteroatoms. The Kier molecular flexibility index (Phi) is 4.73. The number of halogens is 5. The number of benzene rings is 2. The van der Waals surface area contributed by atoms with Gasteiger partial charge in [-0.2, -0.15) is 8.78 Å². The summed E-state index contributed by atoms with van der Waals surface area (Å²) < 4.78 is 56.2. The first-order valence-electron chi connectivity index (χ1n) is 6.03. The predicted molar refractivity (Wildman–Crippen MR) is 71.9 cm³/mol. The van der Waals surface area contributed by atoms with Crippen LogP contribution in [0.2, 0.25) is 0 Å². The van der Waals surface area contributed by atoms with Gasteiger partial charge in [-0.15, -0.1) is 11.6 Å². The van der Waals surface area contributed by atoms with Crippen molar-refractivity contribution in [2.45, 2.75) is 18.9 Å². The van der Waals surface area contributed by atoms with Gasteiger partial charge in [0.1, 0.15) is 17.4 Å². The number of ether oxygens (including phenoxy) is 1. The normalized spacial score (nSPS) is 12.5. The summed E-state index contributed by atoms with van der Waals surface area (Å²) in [6.07, 6.45) is 0. The van der Waals surface area contributed by atoms with Gasteiger partial charge in [0.15, 0.2) is 0 Å². The molecule has 1 unspecified atom stereocenters. The average molecular weight is 319 g/mol. The third-order valence-electron chi connectivity index (χ3n) is 2.96. The van der Waals surface area contributed by atoms with E-state index in [1.807, 2.05) is 0 Å². The lowest BCUT2D eigenvalue weighted by atomic mass is 10.0. The van der Waals surface area contributed by atoms with E-state index in [1.54, 1.807) is 6.07 Å². The molecule has 0 saturated carbocycles. The van der Waals surface area contributed by atoms with Gasteiger partial charge in [0.25, 0.3) is 0 Å². The molecule has 0 heterocycles. The van der Waals surface area contributed by atoms with E-state index in [1.165, 1.54) is 31.2 Å². The molecule has 0 aliphatic heterocycles. The number of rotatable bonds is 4. The van der Waals surface area contributed by atoms with Gasteiger partial charge >= 0.3 is 6.61 Å². The van der Waals surface area contributed by atoms with Crippen LogP contribution >= 0.6 is 11.6 Å². The SMILES string of the molecule is Cc1cc(C(Cl)c2ccccc2OC(F)F)c(F)cc1F. The number of alkyl halides is 3. The Morgan fingerprint density at radius 3 is 2.33 bits per heavy atom. The van der Waals surface area contributed by atoms with E-state index >= 15 is 0 Å². The Hall–Kier alpha value is -1.75. The molecule has 0 aliphatic rings. The highest BCUT2D eigenvalue weighted by atomic mass is 35.5. The maximum absolute atomic E-state index is 13.8. The minimum Gasteiger partial charge on any atom is -0.434 e. The van der Waals surface area contributed by atoms with Crippen LogP contribution in [-0.2, 0) is 0 Å². The monoisotopic (exact) mass is 318 g/mol. The Morgan fingerprint density at radius 1 is 1.00 bits per heavy atom. The van der Waals surface area contributed by atoms with Crippen molar-refractivity contribution in [1.82, 2.24) is 0 Å². The molecule has 0 radical (unpaired) electrons. The van der Waals surface area contributed by atoms with Gasteiger partial charge in [-0.1, -0.05) is 18.2 Å². The van der Waals surface area contributed by atoms with E-state index in [0.717, 1.165) is 6.07 Å². The third kappa shape index (κ3) is 3.47. The largest absolute Gasteiger partial charge is 0.434 e. The van der Waals surface area contributed by atoms with E-state index in [2.05, 4.69) is 4.74 Å². The fraction of sp³-hybridized carbons (Fsp3) is 0.200. The summed E-state index contributed by atoms with van der Waals surface area (Å²) in [7, 11) is 0. The molecule has 112 valence electrons. The van der Waals surface area contributed by atoms with Gasteiger partial charge in [-0.3, -0.25) is 0 Å². The molecule has 0 N–H and O–H groups in total. The van der Waals surface area contributed by atoms with E-state index in [-0.39, 0.29) is 22.4 Å². The highest BCUT2D eigenvalue weighted by Gasteiger charge is 2.21. The molecule has 2 aromatic rings. The van der Waals surface area contributed by atoms with Gasteiger partial charge in [0.2, 0.25) is 0 Å². The third-order valence-corrected chi connectivity index (χ3v) is 3.43. The zero-order valence-electron chi connectivity index (χ0n) is 10.9. The predicted octanol–water partition coefficient (Wildman–Crippen LogP) is 5.20. The van der Waals surface area contributed by atoms with Crippen molar-refractivity contribution in [2.75, 3.05) is 0 Å². The highest BCUT2D eigenvalue weighted by molar-refractivity contribution is 6.22. The summed E-state index contributed by atoms with van der Waals surface area (Å²) >= 11 is 6.16. The molecule has 0 saturated heterocycles. The molecule has 2 rings (SSSR count). The molecule has 0 spiro atoms. The molecule has 21 heavy (non-hydrogen) atoms. The quantitative estimate of drug-likeness (QED) is 0.556. The molecule has 0 amide bonds. The van der Waals surface area contributed by atoms with Gasteiger partial charge in [0, 0.05) is 17.2 Å². The van der Waals surface area contributed by atoms with Crippen LogP contribution in [0.4, 0.5) is 17.6 Å². The Morgan fingerprint density at radius 2 is 1.67 bits per heavy atom. The van der Waals surface area contributed by atoms with Crippen LogP contribution in [0.25, 0.3) is 0 Å². The van der Waals surface area contributed by atoms with Crippen molar-refractivity contribution < 1.29 is 22.3 Å². The first-order chi connectivity index (χ1) is 9.90. The van der Waals surface area contributed by atoms with Crippen LogP contribution in [0.15, 0.2) is 36.4 Å². The first-order valence-corrected chi connectivity index (χ1v) is 6.47. The van der Waals surface area contributed by atoms with Crippen molar-refractivity contribution in [3.05, 3.63) is 64.7 Å². The van der Waals surface area contributed by atoms with Crippen molar-refractivity contribution in [3.63, 3.8) is 0 Å². The van der Waals surface area contributed by atoms with Crippen LogP contribution in [-0.4, -0.2) is 6.61 Å². The molecule has 1 atom stereocenters. The van der Waals surface area contributed by atoms with E-state index < -0.39 is 23.6 Å². The van der Waals surface area contributed by atoms with Crippen LogP contribution < -0.4 is 4.74 Å². The number of para-hydroxylation sites is 1. The van der Waals surface area contributed by atoms with Crippen LogP contribution in [0.1, 0.15) is 22.1 Å². The van der Waals surface area contributed by atoms with E-state index in [0.29, 0.717) is 0 Å². The zero-order chi connectivity index (χ0) is 15.6. The molecular weight excluding hydrogens is 308 g/mol. The van der Waals surface area contributed by atoms with Crippen molar-refractivity contribution in [2.24, 2.45) is 0 Å². The number of hydrogen-bond donors (Lipinski definition) is 0. The van der Waals surface area contributed by atoms with Crippen molar-refractivity contribution in [3.8, 4) is 5.75 Å². The summed E-state index contributed by atoms with van der Waals surface area (Å²) in [5, 5.41) is -1.07. The van der Waals surface area contributed by atoms with Crippen LogP contribution in [0.3, 0.4) is 0 Å². The highest BCUT2D eigenvalue weighted by Crippen LogP contribution is 2.37. The summed E-state index contributed by atoms with van der Waals surface area (Å²) in [5.41, 5.74) is 0.398. The molecule has 0 aliphatic carbocycles. The van der Waals surface area contributed by atoms with Gasteiger partial charge in [-0.25, -0.2) is 8.78 Å². The molecule has 0 bridgehead atoms. The Bertz CT molecular complexity index is 646. The van der Waals surface area contributed by atoms with Crippen LogP contribution in [0, 0.1) is 18.6 Å². The average Bonchev–Trinajstić information content (AvgIpc) is 2.42. The lowest BCUT2D eigenvalue weighted by Gasteiger charge is -2.16. The fourth-order valence-corrected chi connectivity index (χ4v) is 2.28. The molecule has 2 aromatic carbocycles. The van der Waals surface area contributed by atoms with E-state index in [4.69, 9.17) is 11.6 Å². The lowest BCUT2D eigenvalue weighted by molar-refractivity contribution is -0.0504. The smallest absolute Gasteiger partial charge is 0.387 e. The van der Waals surface area contributed by atoms with Crippen LogP contribution in [0.5, 0.6) is 5.75 Å².